The van der Waals surface area contributed by atoms with E-state index in [0.29, 0.717) is 52.8 Å². The van der Waals surface area contributed by atoms with Crippen LogP contribution in [0.4, 0.5) is 15.3 Å². The van der Waals surface area contributed by atoms with Crippen molar-refractivity contribution >= 4 is 33.7 Å². The quantitative estimate of drug-likeness (QED) is 0.254. The molecule has 4 aromatic heterocycles. The molecule has 1 fully saturated rings. The Hall–Kier alpha value is -4.53. The molecule has 5 aromatic rings. The summed E-state index contributed by atoms with van der Waals surface area (Å²) in [5.41, 5.74) is 4.48. The van der Waals surface area contributed by atoms with Crippen LogP contribution < -0.4 is 4.90 Å². The van der Waals surface area contributed by atoms with Crippen molar-refractivity contribution in [2.75, 3.05) is 11.9 Å². The third-order valence-corrected chi connectivity index (χ3v) is 8.71. The molecular weight excluding hydrogens is 553 g/mol. The third kappa shape index (κ3) is 5.26. The van der Waals surface area contributed by atoms with E-state index in [1.54, 1.807) is 24.5 Å². The summed E-state index contributed by atoms with van der Waals surface area (Å²) in [6.07, 6.45) is 7.76. The van der Waals surface area contributed by atoms with E-state index in [1.807, 2.05) is 41.6 Å². The number of imidazole rings is 1. The number of carbonyl (C=O) groups is 1. The van der Waals surface area contributed by atoms with Gasteiger partial charge in [0.2, 0.25) is 0 Å². The predicted molar refractivity (Wildman–Crippen MR) is 158 cm³/mol. The van der Waals surface area contributed by atoms with Crippen molar-refractivity contribution in [3.63, 3.8) is 0 Å². The number of halogens is 1. The van der Waals surface area contributed by atoms with Crippen molar-refractivity contribution in [2.24, 2.45) is 5.92 Å². The van der Waals surface area contributed by atoms with Crippen LogP contribution in [0.5, 0.6) is 0 Å². The first-order valence-electron chi connectivity index (χ1n) is 13.8. The smallest absolute Gasteiger partial charge is 0.192 e. The number of hydrogen-bond acceptors (Lipinski definition) is 9. The van der Waals surface area contributed by atoms with Crippen LogP contribution in [0.15, 0.2) is 55.0 Å². The van der Waals surface area contributed by atoms with Gasteiger partial charge in [0.1, 0.15) is 45.5 Å². The van der Waals surface area contributed by atoms with Crippen LogP contribution in [0.25, 0.3) is 28.0 Å². The maximum absolute atomic E-state index is 13.5. The molecule has 0 aliphatic heterocycles. The lowest BCUT2D eigenvalue weighted by molar-refractivity contribution is -0.122. The van der Waals surface area contributed by atoms with Crippen LogP contribution >= 0.6 is 11.3 Å². The van der Waals surface area contributed by atoms with Crippen LogP contribution in [0.3, 0.4) is 0 Å². The molecule has 212 valence electrons. The van der Waals surface area contributed by atoms with Gasteiger partial charge in [-0.2, -0.15) is 5.26 Å². The van der Waals surface area contributed by atoms with Crippen molar-refractivity contribution in [1.82, 2.24) is 24.3 Å². The Labute approximate surface area is 246 Å². The highest BCUT2D eigenvalue weighted by Gasteiger charge is 2.29. The molecule has 1 aromatic carbocycles. The van der Waals surface area contributed by atoms with Gasteiger partial charge in [-0.25, -0.2) is 24.3 Å². The summed E-state index contributed by atoms with van der Waals surface area (Å²) in [7, 11) is 1.89. The molecule has 0 saturated heterocycles. The molecule has 4 heterocycles. The number of thiazole rings is 1. The highest BCUT2D eigenvalue weighted by Crippen LogP contribution is 2.37. The first-order chi connectivity index (χ1) is 20.3. The second kappa shape index (κ2) is 11.4. The summed E-state index contributed by atoms with van der Waals surface area (Å²) in [4.78, 5) is 33.5. The van der Waals surface area contributed by atoms with E-state index in [9.17, 15) is 19.6 Å². The van der Waals surface area contributed by atoms with Gasteiger partial charge in [-0.05, 0) is 62.1 Å². The van der Waals surface area contributed by atoms with E-state index < -0.39 is 6.10 Å². The van der Waals surface area contributed by atoms with E-state index in [-0.39, 0.29) is 23.9 Å². The zero-order chi connectivity index (χ0) is 29.4. The Kier molecular flexibility index (Phi) is 7.49. The first kappa shape index (κ1) is 27.6. The Balaban J connectivity index is 1.30. The average Bonchev–Trinajstić information content (AvgIpc) is 3.73. The lowest BCUT2D eigenvalue weighted by atomic mass is 10.00. The van der Waals surface area contributed by atoms with Crippen molar-refractivity contribution < 1.29 is 14.3 Å². The summed E-state index contributed by atoms with van der Waals surface area (Å²) in [5.74, 6) is 0.890. The number of fused-ring (bicyclic) bond motifs is 1. The van der Waals surface area contributed by atoms with E-state index in [0.717, 1.165) is 28.3 Å². The number of benzene rings is 1. The Morgan fingerprint density at radius 1 is 1.12 bits per heavy atom. The number of anilines is 2. The van der Waals surface area contributed by atoms with Crippen molar-refractivity contribution in [3.05, 3.63) is 77.2 Å². The van der Waals surface area contributed by atoms with Gasteiger partial charge < -0.3 is 10.0 Å². The highest BCUT2D eigenvalue weighted by molar-refractivity contribution is 7.16. The topological polar surface area (TPSA) is 120 Å². The summed E-state index contributed by atoms with van der Waals surface area (Å²) >= 11 is 1.27. The van der Waals surface area contributed by atoms with Gasteiger partial charge in [0.05, 0.1) is 18.2 Å². The maximum Gasteiger partial charge on any atom is 0.192 e. The van der Waals surface area contributed by atoms with Crippen LogP contribution in [0.1, 0.15) is 42.6 Å². The van der Waals surface area contributed by atoms with E-state index >= 15 is 0 Å². The zero-order valence-corrected chi connectivity index (χ0v) is 24.0. The zero-order valence-electron chi connectivity index (χ0n) is 23.2. The van der Waals surface area contributed by atoms with Crippen LogP contribution in [-0.4, -0.2) is 48.4 Å². The summed E-state index contributed by atoms with van der Waals surface area (Å²) in [6.45, 7) is 2.03. The summed E-state index contributed by atoms with van der Waals surface area (Å²) in [6, 6.07) is 12.1. The molecule has 0 amide bonds. The minimum atomic E-state index is -0.390. The molecule has 6 rings (SSSR count). The van der Waals surface area contributed by atoms with Gasteiger partial charge in [-0.3, -0.25) is 9.20 Å². The number of aliphatic hydroxyl groups is 1. The van der Waals surface area contributed by atoms with Crippen molar-refractivity contribution in [2.45, 2.75) is 45.1 Å². The molecule has 9 nitrogen and oxygen atoms in total. The van der Waals surface area contributed by atoms with Crippen molar-refractivity contribution in [3.8, 4) is 28.5 Å². The van der Waals surface area contributed by atoms with E-state index in [4.69, 9.17) is 9.97 Å². The van der Waals surface area contributed by atoms with Gasteiger partial charge >= 0.3 is 0 Å². The van der Waals surface area contributed by atoms with Gasteiger partial charge in [-0.1, -0.05) is 18.3 Å². The molecule has 1 unspecified atom stereocenters. The van der Waals surface area contributed by atoms with Crippen LogP contribution in [-0.2, 0) is 17.6 Å². The third-order valence-electron chi connectivity index (χ3n) is 7.67. The second-order valence-electron chi connectivity index (χ2n) is 10.4. The Morgan fingerprint density at radius 2 is 1.86 bits per heavy atom. The summed E-state index contributed by atoms with van der Waals surface area (Å²) in [5, 5.41) is 20.2. The predicted octanol–water partition coefficient (Wildman–Crippen LogP) is 5.53. The first-order valence-corrected chi connectivity index (χ1v) is 14.6. The largest absolute Gasteiger partial charge is 0.393 e. The monoisotopic (exact) mass is 581 g/mol. The minimum absolute atomic E-state index is 0.0724. The molecule has 2 atom stereocenters. The fraction of sp³-hybridized carbons (Fsp3) is 0.290. The fourth-order valence-corrected chi connectivity index (χ4v) is 6.26. The van der Waals surface area contributed by atoms with E-state index in [2.05, 4.69) is 16.0 Å². The number of aryl methyl sites for hydroxylation is 1. The molecule has 0 bridgehead atoms. The average molecular weight is 582 g/mol. The molecule has 42 heavy (non-hydrogen) atoms. The molecule has 1 N–H and O–H groups in total. The molecule has 1 aliphatic carbocycles. The Morgan fingerprint density at radius 3 is 2.52 bits per heavy atom. The van der Waals surface area contributed by atoms with Gasteiger partial charge in [0.15, 0.2) is 5.13 Å². The number of ketones is 1. The molecular formula is C31H28FN7O2S. The minimum Gasteiger partial charge on any atom is -0.393 e. The molecule has 1 aliphatic rings. The second-order valence-corrected chi connectivity index (χ2v) is 11.4. The number of pyridine rings is 1. The number of hydrogen-bond donors (Lipinski definition) is 1. The standard InChI is InChI=1S/C31H28FN7O2S/c1-3-24-30(38(2)31-37-29(26(14-33)42-31)18-4-8-22(32)9-5-18)39-17-20(7-11-28(39)36-24)21-15-34-27(35-16-21)13-25(41)19-6-10-23(40)12-19/h4-5,7-9,11,15-17,19,23,40H,3,6,10,12-13H2,1-2H3/t19?,23-/m0/s1. The molecule has 0 radical (unpaired) electrons. The normalized spacial score (nSPS) is 16.5. The van der Waals surface area contributed by atoms with Gasteiger partial charge in [0, 0.05) is 48.2 Å². The molecule has 11 heteroatoms. The number of Topliss-reactive ketones (excluding diaryl/α,β-unsaturated/α-hetero) is 1. The van der Waals surface area contributed by atoms with Gasteiger partial charge in [0.25, 0.3) is 0 Å². The van der Waals surface area contributed by atoms with Crippen LogP contribution in [0.2, 0.25) is 0 Å². The summed E-state index contributed by atoms with van der Waals surface area (Å²) < 4.78 is 15.5. The lowest BCUT2D eigenvalue weighted by Crippen LogP contribution is -2.16. The SMILES string of the molecule is CCc1nc2ccc(-c3cnc(CC(=O)C4CC[C@H](O)C4)nc3)cn2c1N(C)c1nc(-c2ccc(F)cc2)c(C#N)s1. The van der Waals surface area contributed by atoms with Crippen LogP contribution in [0, 0.1) is 23.1 Å². The molecule has 1 saturated carbocycles. The number of carbonyl (C=O) groups excluding carboxylic acids is 1. The maximum atomic E-state index is 13.5. The number of rotatable bonds is 8. The highest BCUT2D eigenvalue weighted by atomic mass is 32.1. The number of nitrogens with zero attached hydrogens (tertiary/aromatic N) is 7. The lowest BCUT2D eigenvalue weighted by Gasteiger charge is -2.17. The number of aromatic nitrogens is 5. The Bertz CT molecular complexity index is 1810. The van der Waals surface area contributed by atoms with Gasteiger partial charge in [-0.15, -0.1) is 0 Å². The number of nitriles is 1. The van der Waals surface area contributed by atoms with E-state index in [1.165, 1.54) is 23.5 Å². The van der Waals surface area contributed by atoms with Crippen molar-refractivity contribution in [1.29, 1.82) is 5.26 Å². The fourth-order valence-electron chi connectivity index (χ4n) is 5.41. The number of aliphatic hydroxyl groups excluding tert-OH is 1. The molecule has 0 spiro atoms.